The third kappa shape index (κ3) is 3.42. The van der Waals surface area contributed by atoms with Crippen LogP contribution in [0.4, 0.5) is 5.69 Å². The first-order chi connectivity index (χ1) is 11.5. The number of para-hydroxylation sites is 1. The number of phenols is 1. The molecule has 120 valence electrons. The van der Waals surface area contributed by atoms with Crippen LogP contribution in [0, 0.1) is 6.92 Å². The first-order valence-electron chi connectivity index (χ1n) is 7.50. The normalized spacial score (nSPS) is 10.4. The van der Waals surface area contributed by atoms with E-state index in [9.17, 15) is 9.90 Å². The molecule has 0 saturated heterocycles. The van der Waals surface area contributed by atoms with Gasteiger partial charge in [0.25, 0.3) is 5.91 Å². The third-order valence-corrected chi connectivity index (χ3v) is 4.15. The maximum absolute atomic E-state index is 12.4. The van der Waals surface area contributed by atoms with Gasteiger partial charge in [0.15, 0.2) is 0 Å². The highest BCUT2D eigenvalue weighted by atomic mass is 35.5. The fourth-order valence-corrected chi connectivity index (χ4v) is 2.61. The van der Waals surface area contributed by atoms with Gasteiger partial charge in [-0.25, -0.2) is 0 Å². The summed E-state index contributed by atoms with van der Waals surface area (Å²) in [4.78, 5) is 12.4. The van der Waals surface area contributed by atoms with E-state index in [0.29, 0.717) is 16.1 Å². The van der Waals surface area contributed by atoms with Crippen LogP contribution in [-0.4, -0.2) is 11.0 Å². The van der Waals surface area contributed by atoms with Gasteiger partial charge < -0.3 is 10.4 Å². The van der Waals surface area contributed by atoms with E-state index >= 15 is 0 Å². The molecule has 0 radical (unpaired) electrons. The van der Waals surface area contributed by atoms with Crippen molar-refractivity contribution in [3.63, 3.8) is 0 Å². The van der Waals surface area contributed by atoms with Crippen molar-refractivity contribution < 1.29 is 9.90 Å². The molecule has 0 atom stereocenters. The molecule has 0 fully saturated rings. The van der Waals surface area contributed by atoms with Crippen LogP contribution in [0.25, 0.3) is 11.1 Å². The molecule has 0 aliphatic heterocycles. The van der Waals surface area contributed by atoms with Crippen LogP contribution in [0.1, 0.15) is 15.9 Å². The number of hydrogen-bond donors (Lipinski definition) is 2. The highest BCUT2D eigenvalue weighted by Gasteiger charge is 2.11. The van der Waals surface area contributed by atoms with Gasteiger partial charge >= 0.3 is 0 Å². The Balaban J connectivity index is 1.92. The lowest BCUT2D eigenvalue weighted by molar-refractivity contribution is 0.102. The number of rotatable bonds is 3. The summed E-state index contributed by atoms with van der Waals surface area (Å²) in [7, 11) is 0. The van der Waals surface area contributed by atoms with Gasteiger partial charge in [-0.2, -0.15) is 0 Å². The second-order valence-electron chi connectivity index (χ2n) is 5.52. The molecule has 3 nitrogen and oxygen atoms in total. The standard InChI is InChI=1S/C20H16ClNO2/c1-13-10-19(23)17(12-18(13)21)14-6-5-7-15(11-14)20(24)22-16-8-3-2-4-9-16/h2-12,23H,1H3,(H,22,24). The second-order valence-corrected chi connectivity index (χ2v) is 5.93. The zero-order chi connectivity index (χ0) is 17.1. The van der Waals surface area contributed by atoms with Crippen LogP contribution in [0.5, 0.6) is 5.75 Å². The molecule has 0 aliphatic rings. The molecular weight excluding hydrogens is 322 g/mol. The second kappa shape index (κ2) is 6.77. The number of aromatic hydroxyl groups is 1. The molecule has 0 unspecified atom stereocenters. The van der Waals surface area contributed by atoms with Crippen LogP contribution in [0.15, 0.2) is 66.7 Å². The largest absolute Gasteiger partial charge is 0.507 e. The fourth-order valence-electron chi connectivity index (χ4n) is 2.45. The predicted octanol–water partition coefficient (Wildman–Crippen LogP) is 5.27. The fraction of sp³-hybridized carbons (Fsp3) is 0.0500. The average molecular weight is 338 g/mol. The van der Waals surface area contributed by atoms with Crippen molar-refractivity contribution in [1.29, 1.82) is 0 Å². The van der Waals surface area contributed by atoms with E-state index in [-0.39, 0.29) is 11.7 Å². The van der Waals surface area contributed by atoms with E-state index in [1.807, 2.05) is 43.3 Å². The number of benzene rings is 3. The van der Waals surface area contributed by atoms with Gasteiger partial charge in [0.05, 0.1) is 0 Å². The Labute approximate surface area is 145 Å². The summed E-state index contributed by atoms with van der Waals surface area (Å²) in [5.74, 6) is -0.0711. The predicted molar refractivity (Wildman–Crippen MR) is 97.7 cm³/mol. The lowest BCUT2D eigenvalue weighted by atomic mass is 10.0. The van der Waals surface area contributed by atoms with Crippen molar-refractivity contribution >= 4 is 23.2 Å². The third-order valence-electron chi connectivity index (χ3n) is 3.74. The lowest BCUT2D eigenvalue weighted by Crippen LogP contribution is -2.11. The Morgan fingerprint density at radius 3 is 2.50 bits per heavy atom. The SMILES string of the molecule is Cc1cc(O)c(-c2cccc(C(=O)Nc3ccccc3)c2)cc1Cl. The lowest BCUT2D eigenvalue weighted by Gasteiger charge is -2.10. The molecule has 24 heavy (non-hydrogen) atoms. The quantitative estimate of drug-likeness (QED) is 0.683. The molecule has 0 aromatic heterocycles. The number of aryl methyl sites for hydroxylation is 1. The number of hydrogen-bond acceptors (Lipinski definition) is 2. The van der Waals surface area contributed by atoms with Crippen LogP contribution < -0.4 is 5.32 Å². The Bertz CT molecular complexity index is 891. The van der Waals surface area contributed by atoms with Crippen molar-refractivity contribution in [2.75, 3.05) is 5.32 Å². The zero-order valence-corrected chi connectivity index (χ0v) is 13.8. The highest BCUT2D eigenvalue weighted by molar-refractivity contribution is 6.31. The molecule has 1 amide bonds. The first-order valence-corrected chi connectivity index (χ1v) is 7.88. The number of carbonyl (C=O) groups excluding carboxylic acids is 1. The van der Waals surface area contributed by atoms with Crippen molar-refractivity contribution in [3.8, 4) is 16.9 Å². The minimum Gasteiger partial charge on any atom is -0.507 e. The van der Waals surface area contributed by atoms with Gasteiger partial charge in [0.2, 0.25) is 0 Å². The summed E-state index contributed by atoms with van der Waals surface area (Å²) in [5.41, 5.74) is 3.37. The van der Waals surface area contributed by atoms with E-state index in [4.69, 9.17) is 11.6 Å². The highest BCUT2D eigenvalue weighted by Crippen LogP contribution is 2.34. The van der Waals surface area contributed by atoms with Gasteiger partial charge in [-0.05, 0) is 54.4 Å². The van der Waals surface area contributed by atoms with E-state index in [1.165, 1.54) is 0 Å². The van der Waals surface area contributed by atoms with Crippen LogP contribution in [0.2, 0.25) is 5.02 Å². The maximum atomic E-state index is 12.4. The summed E-state index contributed by atoms with van der Waals surface area (Å²) in [6, 6.07) is 19.7. The summed E-state index contributed by atoms with van der Waals surface area (Å²) >= 11 is 6.15. The minimum absolute atomic E-state index is 0.137. The number of halogens is 1. The first kappa shape index (κ1) is 16.1. The van der Waals surface area contributed by atoms with Crippen molar-refractivity contribution in [2.45, 2.75) is 6.92 Å². The van der Waals surface area contributed by atoms with Gasteiger partial charge in [-0.3, -0.25) is 4.79 Å². The summed E-state index contributed by atoms with van der Waals surface area (Å²) < 4.78 is 0. The summed E-state index contributed by atoms with van der Waals surface area (Å²) in [5, 5.41) is 13.6. The van der Waals surface area contributed by atoms with E-state index < -0.39 is 0 Å². The number of phenolic OH excluding ortho intramolecular Hbond substituents is 1. The molecule has 2 N–H and O–H groups in total. The molecule has 4 heteroatoms. The molecule has 0 heterocycles. The topological polar surface area (TPSA) is 49.3 Å². The van der Waals surface area contributed by atoms with E-state index in [0.717, 1.165) is 16.8 Å². The zero-order valence-electron chi connectivity index (χ0n) is 13.1. The van der Waals surface area contributed by atoms with Crippen molar-refractivity contribution in [2.24, 2.45) is 0 Å². The number of amides is 1. The molecule has 3 aromatic carbocycles. The smallest absolute Gasteiger partial charge is 0.255 e. The Hall–Kier alpha value is -2.78. The van der Waals surface area contributed by atoms with Gasteiger partial charge in [-0.1, -0.05) is 41.9 Å². The Kier molecular flexibility index (Phi) is 4.54. The number of carbonyl (C=O) groups is 1. The van der Waals surface area contributed by atoms with Gasteiger partial charge in [-0.15, -0.1) is 0 Å². The van der Waals surface area contributed by atoms with E-state index in [1.54, 1.807) is 30.3 Å². The Morgan fingerprint density at radius 2 is 1.75 bits per heavy atom. The molecule has 0 aliphatic carbocycles. The molecule has 0 bridgehead atoms. The maximum Gasteiger partial charge on any atom is 0.255 e. The molecule has 0 spiro atoms. The molecule has 3 aromatic rings. The van der Waals surface area contributed by atoms with Crippen LogP contribution in [0.3, 0.4) is 0 Å². The number of anilines is 1. The summed E-state index contributed by atoms with van der Waals surface area (Å²) in [6.45, 7) is 1.83. The van der Waals surface area contributed by atoms with Crippen LogP contribution >= 0.6 is 11.6 Å². The van der Waals surface area contributed by atoms with Crippen LogP contribution in [-0.2, 0) is 0 Å². The minimum atomic E-state index is -0.208. The molecular formula is C20H16ClNO2. The van der Waals surface area contributed by atoms with Gasteiger partial charge in [0, 0.05) is 21.8 Å². The molecule has 0 saturated carbocycles. The monoisotopic (exact) mass is 337 g/mol. The van der Waals surface area contributed by atoms with Gasteiger partial charge in [0.1, 0.15) is 5.75 Å². The molecule has 3 rings (SSSR count). The van der Waals surface area contributed by atoms with Crippen molar-refractivity contribution in [1.82, 2.24) is 0 Å². The Morgan fingerprint density at radius 1 is 1.00 bits per heavy atom. The number of nitrogens with one attached hydrogen (secondary N) is 1. The average Bonchev–Trinajstić information content (AvgIpc) is 2.59. The van der Waals surface area contributed by atoms with Crippen molar-refractivity contribution in [3.05, 3.63) is 82.9 Å². The van der Waals surface area contributed by atoms with E-state index in [2.05, 4.69) is 5.32 Å². The summed E-state index contributed by atoms with van der Waals surface area (Å²) in [6.07, 6.45) is 0.